The predicted octanol–water partition coefficient (Wildman–Crippen LogP) is 5.16. The molecule has 3 N–H and O–H groups in total. The first-order valence-electron chi connectivity index (χ1n) is 14.9. The van der Waals surface area contributed by atoms with E-state index in [4.69, 9.17) is 23.7 Å². The number of para-hydroxylation sites is 1. The van der Waals surface area contributed by atoms with E-state index in [0.717, 1.165) is 16.9 Å². The minimum atomic E-state index is -0.585. The highest BCUT2D eigenvalue weighted by molar-refractivity contribution is 6.04. The van der Waals surface area contributed by atoms with E-state index in [0.29, 0.717) is 47.2 Å². The van der Waals surface area contributed by atoms with Crippen molar-refractivity contribution in [2.45, 2.75) is 43.6 Å². The summed E-state index contributed by atoms with van der Waals surface area (Å²) < 4.78 is 28.9. The Hall–Kier alpha value is -5.06. The molecule has 4 aromatic rings. The number of rotatable bonds is 9. The first-order valence-corrected chi connectivity index (χ1v) is 14.9. The second-order valence-corrected chi connectivity index (χ2v) is 11.2. The first kappa shape index (κ1) is 28.7. The fraction of sp³-hybridized carbons (Fsp3) is 0.257. The molecule has 45 heavy (non-hydrogen) atoms. The smallest absolute Gasteiger partial charge is 0.255 e. The summed E-state index contributed by atoms with van der Waals surface area (Å²) in [5, 5.41) is 16.0. The van der Waals surface area contributed by atoms with Crippen molar-refractivity contribution in [3.8, 4) is 28.7 Å². The number of hydrogen-bond donors (Lipinski definition) is 3. The number of aliphatic hydroxyl groups excluding tert-OH is 1. The summed E-state index contributed by atoms with van der Waals surface area (Å²) in [4.78, 5) is 25.9. The third-order valence-electron chi connectivity index (χ3n) is 8.20. The Morgan fingerprint density at radius 1 is 0.867 bits per heavy atom. The molecule has 3 aliphatic heterocycles. The molecule has 1 fully saturated rings. The molecule has 0 aliphatic carbocycles. The van der Waals surface area contributed by atoms with E-state index in [1.807, 2.05) is 66.7 Å². The Bertz CT molecular complexity index is 1690. The summed E-state index contributed by atoms with van der Waals surface area (Å²) >= 11 is 0. The number of carbonyl (C=O) groups is 2. The van der Waals surface area contributed by atoms with Gasteiger partial charge in [0.05, 0.1) is 19.1 Å². The zero-order valence-corrected chi connectivity index (χ0v) is 24.3. The maximum absolute atomic E-state index is 13.0. The van der Waals surface area contributed by atoms with Crippen molar-refractivity contribution in [2.75, 3.05) is 18.7 Å². The lowest BCUT2D eigenvalue weighted by Gasteiger charge is -2.37. The third-order valence-corrected chi connectivity index (χ3v) is 8.20. The normalized spacial score (nSPS) is 20.8. The van der Waals surface area contributed by atoms with Crippen LogP contribution >= 0.6 is 0 Å². The van der Waals surface area contributed by atoms with Gasteiger partial charge in [-0.15, -0.1) is 0 Å². The number of carbonyl (C=O) groups excluding carboxylic acids is 2. The quantitative estimate of drug-likeness (QED) is 0.238. The molecule has 0 unspecified atom stereocenters. The average molecular weight is 609 g/mol. The molecule has 0 bridgehead atoms. The van der Waals surface area contributed by atoms with Crippen LogP contribution in [0.5, 0.6) is 28.7 Å². The molecule has 4 atom stereocenters. The van der Waals surface area contributed by atoms with E-state index >= 15 is 0 Å². The Labute approximate surface area is 259 Å². The number of aliphatic hydroxyl groups is 1. The maximum Gasteiger partial charge on any atom is 0.255 e. The van der Waals surface area contributed by atoms with Crippen molar-refractivity contribution < 1.29 is 38.4 Å². The van der Waals surface area contributed by atoms with Crippen molar-refractivity contribution in [2.24, 2.45) is 0 Å². The highest BCUT2D eigenvalue weighted by Crippen LogP contribution is 2.47. The molecule has 0 spiro atoms. The third kappa shape index (κ3) is 6.29. The van der Waals surface area contributed by atoms with Crippen molar-refractivity contribution in [3.05, 3.63) is 108 Å². The fourth-order valence-corrected chi connectivity index (χ4v) is 5.99. The van der Waals surface area contributed by atoms with E-state index in [1.165, 1.54) is 0 Å². The van der Waals surface area contributed by atoms with Crippen LogP contribution in [0.3, 0.4) is 0 Å². The molecule has 230 valence electrons. The van der Waals surface area contributed by atoms with Crippen LogP contribution in [0.2, 0.25) is 0 Å². The molecular weight excluding hydrogens is 576 g/mol. The van der Waals surface area contributed by atoms with Gasteiger partial charge in [0.15, 0.2) is 11.5 Å². The van der Waals surface area contributed by atoms with Gasteiger partial charge >= 0.3 is 0 Å². The standard InChI is InChI=1S/C35H32N2O8/c38-19-32-34-28(27-15-23(9-13-29(27)45-34)37-35(40)22-8-12-30-31(14-22)42-20-41-30)16-26(44-32)17-33(39)36-18-21-6-10-25(11-7-21)43-24-4-2-1-3-5-24/h1-15,26,28,32,34,38H,16-20H2,(H,36,39)(H,37,40)/t26-,28+,32+,34-/m0/s1. The van der Waals surface area contributed by atoms with Crippen molar-refractivity contribution in [1.82, 2.24) is 5.32 Å². The maximum atomic E-state index is 13.0. The molecule has 3 heterocycles. The lowest BCUT2D eigenvalue weighted by Crippen LogP contribution is -2.47. The van der Waals surface area contributed by atoms with Gasteiger partial charge in [-0.05, 0) is 72.6 Å². The van der Waals surface area contributed by atoms with Gasteiger partial charge in [-0.25, -0.2) is 0 Å². The van der Waals surface area contributed by atoms with E-state index in [2.05, 4.69) is 10.6 Å². The monoisotopic (exact) mass is 608 g/mol. The van der Waals surface area contributed by atoms with Crippen LogP contribution < -0.4 is 29.6 Å². The van der Waals surface area contributed by atoms with Gasteiger partial charge in [0.1, 0.15) is 29.5 Å². The Morgan fingerprint density at radius 3 is 2.47 bits per heavy atom. The number of hydrogen-bond acceptors (Lipinski definition) is 8. The molecule has 1 saturated heterocycles. The molecule has 10 heteroatoms. The molecule has 0 radical (unpaired) electrons. The largest absolute Gasteiger partial charge is 0.487 e. The van der Waals surface area contributed by atoms with Crippen LogP contribution in [0.15, 0.2) is 91.0 Å². The second kappa shape index (κ2) is 12.5. The minimum Gasteiger partial charge on any atom is -0.487 e. The highest BCUT2D eigenvalue weighted by atomic mass is 16.7. The molecule has 7 rings (SSSR count). The molecular formula is C35H32N2O8. The van der Waals surface area contributed by atoms with Crippen molar-refractivity contribution in [3.63, 3.8) is 0 Å². The number of anilines is 1. The summed E-state index contributed by atoms with van der Waals surface area (Å²) in [5.74, 6) is 2.75. The zero-order chi connectivity index (χ0) is 30.8. The average Bonchev–Trinajstić information content (AvgIpc) is 3.69. The van der Waals surface area contributed by atoms with E-state index in [9.17, 15) is 14.7 Å². The Kier molecular flexibility index (Phi) is 7.98. The van der Waals surface area contributed by atoms with Gasteiger partial charge in [-0.3, -0.25) is 9.59 Å². The molecule has 3 aliphatic rings. The molecule has 4 aromatic carbocycles. The topological polar surface area (TPSA) is 125 Å². The van der Waals surface area contributed by atoms with Gasteiger partial charge in [0, 0.05) is 29.3 Å². The SMILES string of the molecule is O=C(C[C@@H]1C[C@@H]2c3cc(NC(=O)c4ccc5c(c4)OCO5)ccc3O[C@@H]2[C@@H](CO)O1)NCc1ccc(Oc2ccccc2)cc1. The first-order chi connectivity index (χ1) is 22.0. The lowest BCUT2D eigenvalue weighted by molar-refractivity contribution is -0.142. The zero-order valence-electron chi connectivity index (χ0n) is 24.3. The highest BCUT2D eigenvalue weighted by Gasteiger charge is 2.46. The summed E-state index contributed by atoms with van der Waals surface area (Å²) in [6, 6.07) is 27.6. The van der Waals surface area contributed by atoms with Crippen molar-refractivity contribution >= 4 is 17.5 Å². The van der Waals surface area contributed by atoms with Gasteiger partial charge in [0.25, 0.3) is 5.91 Å². The van der Waals surface area contributed by atoms with Crippen LogP contribution in [-0.4, -0.2) is 48.6 Å². The number of fused-ring (bicyclic) bond motifs is 4. The van der Waals surface area contributed by atoms with Crippen LogP contribution in [0.4, 0.5) is 5.69 Å². The summed E-state index contributed by atoms with van der Waals surface area (Å²) in [5.41, 5.74) is 2.91. The summed E-state index contributed by atoms with van der Waals surface area (Å²) in [6.07, 6.45) is -0.706. The molecule has 0 saturated carbocycles. The van der Waals surface area contributed by atoms with Crippen LogP contribution in [0, 0.1) is 0 Å². The minimum absolute atomic E-state index is 0.108. The van der Waals surface area contributed by atoms with Gasteiger partial charge in [0.2, 0.25) is 12.7 Å². The van der Waals surface area contributed by atoms with Gasteiger partial charge < -0.3 is 39.4 Å². The second-order valence-electron chi connectivity index (χ2n) is 11.2. The number of benzene rings is 4. The lowest BCUT2D eigenvalue weighted by atomic mass is 9.84. The predicted molar refractivity (Wildman–Crippen MR) is 164 cm³/mol. The van der Waals surface area contributed by atoms with Crippen LogP contribution in [0.25, 0.3) is 0 Å². The molecule has 0 aromatic heterocycles. The van der Waals surface area contributed by atoms with E-state index in [-0.39, 0.29) is 43.7 Å². The van der Waals surface area contributed by atoms with E-state index in [1.54, 1.807) is 24.3 Å². The Morgan fingerprint density at radius 2 is 1.64 bits per heavy atom. The molecule has 2 amide bonds. The summed E-state index contributed by atoms with van der Waals surface area (Å²) in [6.45, 7) is 0.261. The molecule has 10 nitrogen and oxygen atoms in total. The number of nitrogens with one attached hydrogen (secondary N) is 2. The fourth-order valence-electron chi connectivity index (χ4n) is 5.99. The number of amides is 2. The Balaban J connectivity index is 0.965. The van der Waals surface area contributed by atoms with Gasteiger partial charge in [-0.2, -0.15) is 0 Å². The van der Waals surface area contributed by atoms with Gasteiger partial charge in [-0.1, -0.05) is 30.3 Å². The van der Waals surface area contributed by atoms with Crippen LogP contribution in [0.1, 0.15) is 40.2 Å². The number of ether oxygens (including phenoxy) is 5. The van der Waals surface area contributed by atoms with Crippen LogP contribution in [-0.2, 0) is 16.1 Å². The van der Waals surface area contributed by atoms with E-state index < -0.39 is 12.2 Å². The van der Waals surface area contributed by atoms with Crippen molar-refractivity contribution in [1.29, 1.82) is 0 Å². The summed E-state index contributed by atoms with van der Waals surface area (Å²) in [7, 11) is 0.